The maximum absolute atomic E-state index is 5.84. The zero-order valence-corrected chi connectivity index (χ0v) is 9.18. The van der Waals surface area contributed by atoms with Crippen molar-refractivity contribution in [3.05, 3.63) is 23.8 Å². The van der Waals surface area contributed by atoms with Gasteiger partial charge < -0.3 is 10.1 Å². The van der Waals surface area contributed by atoms with Crippen molar-refractivity contribution in [2.75, 3.05) is 19.7 Å². The molecule has 3 rings (SSSR count). The van der Waals surface area contributed by atoms with Crippen LogP contribution in [0.4, 0.5) is 0 Å². The van der Waals surface area contributed by atoms with Crippen LogP contribution in [0.1, 0.15) is 18.4 Å². The Morgan fingerprint density at radius 1 is 1.27 bits per heavy atom. The highest BCUT2D eigenvalue weighted by molar-refractivity contribution is 6.32. The van der Waals surface area contributed by atoms with Gasteiger partial charge in [0.15, 0.2) is 0 Å². The predicted molar refractivity (Wildman–Crippen MR) is 63.9 cm³/mol. The van der Waals surface area contributed by atoms with Gasteiger partial charge in [0.2, 0.25) is 0 Å². The molecule has 1 spiro atoms. The average molecular weight is 201 g/mol. The van der Waals surface area contributed by atoms with Gasteiger partial charge in [-0.3, -0.25) is 0 Å². The highest BCUT2D eigenvalue weighted by atomic mass is 16.5. The number of piperidine rings is 1. The molecule has 2 aliphatic rings. The Hall–Kier alpha value is -0.955. The molecule has 3 heteroatoms. The van der Waals surface area contributed by atoms with Crippen molar-refractivity contribution in [3.63, 3.8) is 0 Å². The molecule has 0 amide bonds. The number of hydrogen-bond acceptors (Lipinski definition) is 2. The molecule has 0 aromatic heterocycles. The summed E-state index contributed by atoms with van der Waals surface area (Å²) in [6, 6.07) is 6.65. The number of hydrogen-bond donors (Lipinski definition) is 1. The zero-order valence-electron chi connectivity index (χ0n) is 9.18. The Bertz CT molecular complexity index is 385. The maximum atomic E-state index is 5.84. The summed E-state index contributed by atoms with van der Waals surface area (Å²) in [6.07, 6.45) is 2.42. The summed E-state index contributed by atoms with van der Waals surface area (Å²) in [7, 11) is 2.12. The van der Waals surface area contributed by atoms with Gasteiger partial charge in [-0.1, -0.05) is 17.6 Å². The second kappa shape index (κ2) is 3.27. The SMILES string of the molecule is Bc1ccc2c(c1)OCC21CCNCC1. The highest BCUT2D eigenvalue weighted by Gasteiger charge is 2.41. The van der Waals surface area contributed by atoms with Crippen LogP contribution in [0.2, 0.25) is 0 Å². The summed E-state index contributed by atoms with van der Waals surface area (Å²) in [5, 5.41) is 3.42. The molecule has 78 valence electrons. The number of nitrogens with one attached hydrogen (secondary N) is 1. The number of benzene rings is 1. The molecule has 15 heavy (non-hydrogen) atoms. The highest BCUT2D eigenvalue weighted by Crippen LogP contribution is 2.43. The van der Waals surface area contributed by atoms with Crippen molar-refractivity contribution in [2.45, 2.75) is 18.3 Å². The Morgan fingerprint density at radius 2 is 2.07 bits per heavy atom. The quantitative estimate of drug-likeness (QED) is 0.594. The standard InChI is InChI=1S/C12H16BNO/c13-9-1-2-10-11(7-9)15-8-12(10)3-5-14-6-4-12/h1-2,7,14H,3-6,8,13H2. The van der Waals surface area contributed by atoms with E-state index in [-0.39, 0.29) is 0 Å². The van der Waals surface area contributed by atoms with Gasteiger partial charge in [-0.15, -0.1) is 0 Å². The molecule has 1 aromatic carbocycles. The van der Waals surface area contributed by atoms with Gasteiger partial charge in [0.1, 0.15) is 13.6 Å². The number of fused-ring (bicyclic) bond motifs is 2. The lowest BCUT2D eigenvalue weighted by molar-refractivity contribution is 0.220. The topological polar surface area (TPSA) is 21.3 Å². The van der Waals surface area contributed by atoms with E-state index in [9.17, 15) is 0 Å². The van der Waals surface area contributed by atoms with Crippen LogP contribution in [0.15, 0.2) is 18.2 Å². The van der Waals surface area contributed by atoms with Gasteiger partial charge in [-0.25, -0.2) is 0 Å². The lowest BCUT2D eigenvalue weighted by Gasteiger charge is -2.32. The third kappa shape index (κ3) is 1.37. The van der Waals surface area contributed by atoms with Crippen LogP contribution in [-0.2, 0) is 5.41 Å². The molecule has 0 saturated carbocycles. The minimum Gasteiger partial charge on any atom is -0.492 e. The van der Waals surface area contributed by atoms with E-state index in [0.29, 0.717) is 5.41 Å². The molecule has 1 fully saturated rings. The van der Waals surface area contributed by atoms with Crippen LogP contribution in [0.25, 0.3) is 0 Å². The smallest absolute Gasteiger partial charge is 0.139 e. The van der Waals surface area contributed by atoms with Crippen LogP contribution in [0.3, 0.4) is 0 Å². The van der Waals surface area contributed by atoms with Crippen LogP contribution >= 0.6 is 0 Å². The van der Waals surface area contributed by atoms with Crippen LogP contribution in [0, 0.1) is 0 Å². The third-order valence-electron chi connectivity index (χ3n) is 3.77. The lowest BCUT2D eigenvalue weighted by atomic mass is 9.74. The molecule has 1 N–H and O–H groups in total. The fourth-order valence-corrected chi connectivity index (χ4v) is 2.80. The van der Waals surface area contributed by atoms with E-state index in [1.54, 1.807) is 0 Å². The Morgan fingerprint density at radius 3 is 2.87 bits per heavy atom. The summed E-state index contributed by atoms with van der Waals surface area (Å²) in [5.74, 6) is 1.12. The summed E-state index contributed by atoms with van der Waals surface area (Å²) >= 11 is 0. The second-order valence-corrected chi connectivity index (χ2v) is 4.82. The lowest BCUT2D eigenvalue weighted by Crippen LogP contribution is -2.40. The molecule has 0 radical (unpaired) electrons. The van der Waals surface area contributed by atoms with Crippen LogP contribution < -0.4 is 15.5 Å². The molecule has 0 aliphatic carbocycles. The van der Waals surface area contributed by atoms with E-state index in [0.717, 1.165) is 25.4 Å². The van der Waals surface area contributed by atoms with Gasteiger partial charge in [0.25, 0.3) is 0 Å². The normalized spacial score (nSPS) is 22.4. The predicted octanol–water partition coefficient (Wildman–Crippen LogP) is -0.0414. The van der Waals surface area contributed by atoms with Crippen molar-refractivity contribution >= 4 is 13.3 Å². The van der Waals surface area contributed by atoms with E-state index >= 15 is 0 Å². The molecular formula is C12H16BNO. The molecule has 2 heterocycles. The van der Waals surface area contributed by atoms with E-state index < -0.39 is 0 Å². The molecule has 0 unspecified atom stereocenters. The minimum absolute atomic E-state index is 0.314. The third-order valence-corrected chi connectivity index (χ3v) is 3.77. The van der Waals surface area contributed by atoms with Crippen LogP contribution in [-0.4, -0.2) is 27.5 Å². The molecule has 1 saturated heterocycles. The first-order valence-corrected chi connectivity index (χ1v) is 5.75. The van der Waals surface area contributed by atoms with Crippen molar-refractivity contribution in [1.82, 2.24) is 5.32 Å². The largest absolute Gasteiger partial charge is 0.492 e. The summed E-state index contributed by atoms with van der Waals surface area (Å²) in [5.41, 5.74) is 3.04. The van der Waals surface area contributed by atoms with Gasteiger partial charge in [0.05, 0.1) is 6.61 Å². The van der Waals surface area contributed by atoms with Gasteiger partial charge >= 0.3 is 0 Å². The maximum Gasteiger partial charge on any atom is 0.139 e. The number of ether oxygens (including phenoxy) is 1. The van der Waals surface area contributed by atoms with Crippen LogP contribution in [0.5, 0.6) is 5.75 Å². The Labute approximate surface area is 91.4 Å². The Balaban J connectivity index is 2.03. The van der Waals surface area contributed by atoms with E-state index in [2.05, 4.69) is 31.4 Å². The first-order chi connectivity index (χ1) is 7.30. The molecule has 1 aromatic rings. The molecular weight excluding hydrogens is 185 g/mol. The first-order valence-electron chi connectivity index (χ1n) is 5.75. The van der Waals surface area contributed by atoms with Crippen molar-refractivity contribution in [3.8, 4) is 5.75 Å². The van der Waals surface area contributed by atoms with Crippen molar-refractivity contribution < 1.29 is 4.74 Å². The Kier molecular flexibility index (Phi) is 2.03. The fraction of sp³-hybridized carbons (Fsp3) is 0.500. The van der Waals surface area contributed by atoms with E-state index in [1.807, 2.05) is 0 Å². The molecule has 0 atom stereocenters. The van der Waals surface area contributed by atoms with Crippen molar-refractivity contribution in [2.24, 2.45) is 0 Å². The minimum atomic E-state index is 0.314. The monoisotopic (exact) mass is 201 g/mol. The van der Waals surface area contributed by atoms with E-state index in [4.69, 9.17) is 4.74 Å². The molecule has 2 aliphatic heterocycles. The first kappa shape index (κ1) is 9.28. The van der Waals surface area contributed by atoms with Crippen molar-refractivity contribution in [1.29, 1.82) is 0 Å². The molecule has 2 nitrogen and oxygen atoms in total. The fourth-order valence-electron chi connectivity index (χ4n) is 2.80. The van der Waals surface area contributed by atoms with Gasteiger partial charge in [-0.2, -0.15) is 0 Å². The zero-order chi connectivity index (χ0) is 10.3. The second-order valence-electron chi connectivity index (χ2n) is 4.82. The van der Waals surface area contributed by atoms with Gasteiger partial charge in [0, 0.05) is 11.0 Å². The average Bonchev–Trinajstić information content (AvgIpc) is 2.58. The summed E-state index contributed by atoms with van der Waals surface area (Å²) in [4.78, 5) is 0. The number of rotatable bonds is 0. The molecule has 0 bridgehead atoms. The van der Waals surface area contributed by atoms with Gasteiger partial charge in [-0.05, 0) is 32.0 Å². The summed E-state index contributed by atoms with van der Waals surface area (Å²) in [6.45, 7) is 3.13. The summed E-state index contributed by atoms with van der Waals surface area (Å²) < 4.78 is 5.84. The van der Waals surface area contributed by atoms with E-state index in [1.165, 1.54) is 23.9 Å².